The third-order valence-corrected chi connectivity index (χ3v) is 7.14. The van der Waals surface area contributed by atoms with Gasteiger partial charge in [-0.3, -0.25) is 13.9 Å². The van der Waals surface area contributed by atoms with Crippen molar-refractivity contribution in [3.8, 4) is 11.3 Å². The van der Waals surface area contributed by atoms with Gasteiger partial charge in [-0.15, -0.1) is 0 Å². The van der Waals surface area contributed by atoms with E-state index in [9.17, 15) is 18.0 Å². The average molecular weight is 465 g/mol. The molecule has 0 radical (unpaired) electrons. The van der Waals surface area contributed by atoms with E-state index in [-0.39, 0.29) is 23.6 Å². The summed E-state index contributed by atoms with van der Waals surface area (Å²) in [6.07, 6.45) is 2.06. The second-order valence-corrected chi connectivity index (χ2v) is 9.16. The molecule has 0 aliphatic carbocycles. The molecule has 1 fully saturated rings. The summed E-state index contributed by atoms with van der Waals surface area (Å²) in [6.45, 7) is 3.78. The van der Waals surface area contributed by atoms with Crippen LogP contribution in [0.3, 0.4) is 0 Å². The van der Waals surface area contributed by atoms with E-state index in [0.717, 1.165) is 47.6 Å². The third-order valence-electron chi connectivity index (χ3n) is 7.14. The summed E-state index contributed by atoms with van der Waals surface area (Å²) in [5.41, 5.74) is 5.25. The first kappa shape index (κ1) is 20.9. The number of hydrogen-bond acceptors (Lipinski definition) is 3. The number of nitrogens with zero attached hydrogens (tertiary/aromatic N) is 5. The van der Waals surface area contributed by atoms with Gasteiger partial charge in [0.05, 0.1) is 23.1 Å². The van der Waals surface area contributed by atoms with E-state index in [2.05, 4.69) is 10.1 Å². The maximum absolute atomic E-state index is 14.0. The van der Waals surface area contributed by atoms with Crippen LogP contribution in [0.5, 0.6) is 0 Å². The Morgan fingerprint density at radius 3 is 2.56 bits per heavy atom. The van der Waals surface area contributed by atoms with Crippen LogP contribution in [0.2, 0.25) is 0 Å². The number of amides is 1. The number of aryl methyl sites for hydroxylation is 3. The van der Waals surface area contributed by atoms with Crippen molar-refractivity contribution in [1.82, 2.24) is 24.1 Å². The molecule has 34 heavy (non-hydrogen) atoms. The van der Waals surface area contributed by atoms with Crippen LogP contribution in [0, 0.1) is 31.3 Å². The molecule has 2 bridgehead atoms. The van der Waals surface area contributed by atoms with Crippen LogP contribution in [-0.4, -0.2) is 36.0 Å². The van der Waals surface area contributed by atoms with Crippen LogP contribution in [0.25, 0.3) is 16.9 Å². The summed E-state index contributed by atoms with van der Waals surface area (Å²) in [4.78, 5) is 20.4. The number of carbonyl (C=O) groups is 1. The van der Waals surface area contributed by atoms with Gasteiger partial charge in [0, 0.05) is 29.9 Å². The minimum Gasteiger partial charge on any atom is -0.325 e. The smallest absolute Gasteiger partial charge is 0.273 e. The van der Waals surface area contributed by atoms with Gasteiger partial charge in [0.2, 0.25) is 0 Å². The van der Waals surface area contributed by atoms with Crippen LogP contribution in [0.15, 0.2) is 30.3 Å². The van der Waals surface area contributed by atoms with Crippen molar-refractivity contribution in [2.45, 2.75) is 45.2 Å². The van der Waals surface area contributed by atoms with Gasteiger partial charge >= 0.3 is 0 Å². The van der Waals surface area contributed by atoms with Crippen molar-refractivity contribution < 1.29 is 18.0 Å². The van der Waals surface area contributed by atoms with Crippen molar-refractivity contribution >= 4 is 11.6 Å². The maximum atomic E-state index is 14.0. The third kappa shape index (κ3) is 2.79. The Hall–Kier alpha value is -3.62. The Morgan fingerprint density at radius 1 is 1.09 bits per heavy atom. The topological polar surface area (TPSA) is 55.4 Å². The zero-order valence-electron chi connectivity index (χ0n) is 18.9. The molecule has 174 valence electrons. The number of carbonyl (C=O) groups excluding carboxylic acids is 1. The lowest BCUT2D eigenvalue weighted by Gasteiger charge is -2.34. The molecule has 0 saturated carbocycles. The lowest BCUT2D eigenvalue weighted by molar-refractivity contribution is 0.0634. The van der Waals surface area contributed by atoms with Crippen molar-refractivity contribution in [2.75, 3.05) is 0 Å². The summed E-state index contributed by atoms with van der Waals surface area (Å²) < 4.78 is 45.0. The Bertz CT molecular complexity index is 1480. The molecule has 2 aliphatic heterocycles. The van der Waals surface area contributed by atoms with Crippen LogP contribution in [0.4, 0.5) is 13.2 Å². The highest BCUT2D eigenvalue weighted by molar-refractivity contribution is 5.96. The molecule has 1 amide bonds. The Labute approximate surface area is 193 Å². The van der Waals surface area contributed by atoms with Gasteiger partial charge in [-0.05, 0) is 57.4 Å². The predicted molar refractivity (Wildman–Crippen MR) is 119 cm³/mol. The largest absolute Gasteiger partial charge is 0.325 e. The normalized spacial score (nSPS) is 19.2. The molecule has 4 aromatic rings. The van der Waals surface area contributed by atoms with E-state index in [0.29, 0.717) is 23.5 Å². The minimum atomic E-state index is -1.49. The van der Waals surface area contributed by atoms with Crippen LogP contribution < -0.4 is 0 Å². The first-order valence-corrected chi connectivity index (χ1v) is 11.2. The van der Waals surface area contributed by atoms with E-state index in [1.807, 2.05) is 41.3 Å². The SMILES string of the molecule is Cc1nc2cccc(C)n2c1C(=O)N1C2CC[C@@H]1Cc1c2nn(C)c1-c1cc(F)c(F)c(F)c1. The number of benzene rings is 1. The summed E-state index contributed by atoms with van der Waals surface area (Å²) >= 11 is 0. The molecule has 1 saturated heterocycles. The number of fused-ring (bicyclic) bond motifs is 5. The highest BCUT2D eigenvalue weighted by Crippen LogP contribution is 2.47. The predicted octanol–water partition coefficient (Wildman–Crippen LogP) is 4.67. The van der Waals surface area contributed by atoms with Gasteiger partial charge in [0.15, 0.2) is 17.5 Å². The van der Waals surface area contributed by atoms with Crippen molar-refractivity contribution in [2.24, 2.45) is 7.05 Å². The standard InChI is InChI=1S/C25H22F3N5O/c1-12-5-4-6-20-29-13(2)23(32(12)20)25(34)33-15-7-8-19(33)22-16(11-15)24(31(3)30-22)14-9-17(26)21(28)18(27)10-14/h4-6,9-10,15,19H,7-8,11H2,1-3H3/t15-,19?/m1/s1. The van der Waals surface area contributed by atoms with E-state index in [1.54, 1.807) is 11.7 Å². The first-order valence-electron chi connectivity index (χ1n) is 11.2. The fourth-order valence-electron chi connectivity index (χ4n) is 5.75. The zero-order chi connectivity index (χ0) is 23.9. The number of pyridine rings is 1. The molecule has 2 atom stereocenters. The Kier molecular flexibility index (Phi) is 4.43. The van der Waals surface area contributed by atoms with Gasteiger partial charge < -0.3 is 4.90 Å². The van der Waals surface area contributed by atoms with Crippen LogP contribution in [-0.2, 0) is 13.5 Å². The highest BCUT2D eigenvalue weighted by Gasteiger charge is 2.46. The average Bonchev–Trinajstić information content (AvgIpc) is 3.42. The van der Waals surface area contributed by atoms with Crippen molar-refractivity contribution in [3.63, 3.8) is 0 Å². The molecule has 5 heterocycles. The van der Waals surface area contributed by atoms with Gasteiger partial charge in [-0.2, -0.15) is 5.10 Å². The molecule has 0 spiro atoms. The van der Waals surface area contributed by atoms with E-state index in [1.165, 1.54) is 0 Å². The zero-order valence-corrected chi connectivity index (χ0v) is 18.9. The Balaban J connectivity index is 1.45. The number of halogens is 3. The van der Waals surface area contributed by atoms with Gasteiger partial charge in [0.1, 0.15) is 11.3 Å². The Morgan fingerprint density at radius 2 is 1.82 bits per heavy atom. The number of hydrogen-bond donors (Lipinski definition) is 0. The fraction of sp³-hybridized carbons (Fsp3) is 0.320. The molecule has 9 heteroatoms. The van der Waals surface area contributed by atoms with E-state index < -0.39 is 17.5 Å². The van der Waals surface area contributed by atoms with Gasteiger partial charge in [0.25, 0.3) is 5.91 Å². The number of rotatable bonds is 2. The fourth-order valence-corrected chi connectivity index (χ4v) is 5.75. The summed E-state index contributed by atoms with van der Waals surface area (Å²) in [5, 5.41) is 4.67. The number of imidazole rings is 1. The highest BCUT2D eigenvalue weighted by atomic mass is 19.2. The van der Waals surface area contributed by atoms with Crippen LogP contribution in [0.1, 0.15) is 52.0 Å². The first-order chi connectivity index (χ1) is 16.3. The lowest BCUT2D eigenvalue weighted by Crippen LogP contribution is -2.42. The second kappa shape index (κ2) is 7.19. The summed E-state index contributed by atoms with van der Waals surface area (Å²) in [6, 6.07) is 7.42. The quantitative estimate of drug-likeness (QED) is 0.405. The number of aromatic nitrogens is 4. The van der Waals surface area contributed by atoms with E-state index >= 15 is 0 Å². The van der Waals surface area contributed by atoms with E-state index in [4.69, 9.17) is 0 Å². The molecule has 0 N–H and O–H groups in total. The van der Waals surface area contributed by atoms with Gasteiger partial charge in [-0.1, -0.05) is 6.07 Å². The summed E-state index contributed by atoms with van der Waals surface area (Å²) in [5.74, 6) is -4.06. The van der Waals surface area contributed by atoms with Crippen LogP contribution >= 0.6 is 0 Å². The molecular weight excluding hydrogens is 443 g/mol. The lowest BCUT2D eigenvalue weighted by atomic mass is 9.94. The van der Waals surface area contributed by atoms with Gasteiger partial charge in [-0.25, -0.2) is 18.2 Å². The molecule has 3 aromatic heterocycles. The minimum absolute atomic E-state index is 0.0722. The molecule has 6 nitrogen and oxygen atoms in total. The molecule has 1 unspecified atom stereocenters. The van der Waals surface area contributed by atoms with Crippen molar-refractivity contribution in [1.29, 1.82) is 0 Å². The molecule has 6 rings (SSSR count). The maximum Gasteiger partial charge on any atom is 0.273 e. The second-order valence-electron chi connectivity index (χ2n) is 9.16. The molecular formula is C25H22F3N5O. The van der Waals surface area contributed by atoms with Crippen molar-refractivity contribution in [3.05, 3.63) is 76.1 Å². The molecule has 2 aliphatic rings. The monoisotopic (exact) mass is 465 g/mol. The summed E-state index contributed by atoms with van der Waals surface area (Å²) in [7, 11) is 1.70. The molecule has 1 aromatic carbocycles.